The minimum Gasteiger partial charge on any atom is -0.465 e. The zero-order valence-corrected chi connectivity index (χ0v) is 14.0. The topological polar surface area (TPSA) is 76.1 Å². The van der Waals surface area contributed by atoms with E-state index in [1.54, 1.807) is 0 Å². The van der Waals surface area contributed by atoms with Gasteiger partial charge in [-0.3, -0.25) is 0 Å². The van der Waals surface area contributed by atoms with Crippen LogP contribution in [0, 0.1) is 0 Å². The third-order valence-corrected chi connectivity index (χ3v) is 3.26. The van der Waals surface area contributed by atoms with Crippen molar-refractivity contribution in [1.82, 2.24) is 20.6 Å². The van der Waals surface area contributed by atoms with Crippen molar-refractivity contribution in [2.24, 2.45) is 0 Å². The Hall–Kier alpha value is -2.06. The molecule has 2 unspecified atom stereocenters. The Balaban J connectivity index is 2.48. The van der Waals surface area contributed by atoms with Gasteiger partial charge < -0.3 is 15.4 Å². The van der Waals surface area contributed by atoms with Gasteiger partial charge in [-0.2, -0.15) is 13.2 Å². The molecule has 6 nitrogen and oxygen atoms in total. The molecule has 1 aromatic heterocycles. The number of unbranched alkanes of at least 4 members (excludes halogenated alkanes) is 1. The van der Waals surface area contributed by atoms with Crippen molar-refractivity contribution >= 4 is 6.03 Å². The fourth-order valence-corrected chi connectivity index (χ4v) is 1.81. The Kier molecular flexibility index (Phi) is 7.73. The number of carbonyl (C=O) groups excluding carboxylic acids is 1. The third kappa shape index (κ3) is 7.47. The van der Waals surface area contributed by atoms with Crippen LogP contribution in [0.1, 0.15) is 45.7 Å². The molecule has 1 aromatic rings. The van der Waals surface area contributed by atoms with Gasteiger partial charge in [0.2, 0.25) is 5.88 Å². The highest BCUT2D eigenvalue weighted by molar-refractivity contribution is 5.74. The predicted octanol–water partition coefficient (Wildman–Crippen LogP) is 3.18. The van der Waals surface area contributed by atoms with Crippen LogP contribution in [-0.4, -0.2) is 34.3 Å². The second-order valence-electron chi connectivity index (χ2n) is 5.52. The van der Waals surface area contributed by atoms with Gasteiger partial charge in [-0.15, -0.1) is 0 Å². The number of ether oxygens (including phenoxy) is 1. The second-order valence-corrected chi connectivity index (χ2v) is 5.52. The Morgan fingerprint density at radius 1 is 1.33 bits per heavy atom. The van der Waals surface area contributed by atoms with E-state index in [1.807, 2.05) is 6.92 Å². The molecule has 136 valence electrons. The molecule has 1 heterocycles. The Morgan fingerprint density at radius 2 is 2.04 bits per heavy atom. The molecule has 9 heteroatoms. The summed E-state index contributed by atoms with van der Waals surface area (Å²) >= 11 is 0. The van der Waals surface area contributed by atoms with E-state index >= 15 is 0 Å². The van der Waals surface area contributed by atoms with Gasteiger partial charge in [0, 0.05) is 12.1 Å². The first-order valence-electron chi connectivity index (χ1n) is 7.81. The number of halogens is 3. The molecule has 2 amide bonds. The highest BCUT2D eigenvalue weighted by Gasteiger charge is 2.38. The molecular formula is C15H23F3N4O2. The molecule has 0 aromatic carbocycles. The highest BCUT2D eigenvalue weighted by Crippen LogP contribution is 2.23. The van der Waals surface area contributed by atoms with E-state index in [1.165, 1.54) is 6.07 Å². The van der Waals surface area contributed by atoms with E-state index in [2.05, 4.69) is 27.5 Å². The summed E-state index contributed by atoms with van der Waals surface area (Å²) in [4.78, 5) is 19.3. The second kappa shape index (κ2) is 9.29. The van der Waals surface area contributed by atoms with E-state index in [-0.39, 0.29) is 24.5 Å². The molecule has 2 atom stereocenters. The summed E-state index contributed by atoms with van der Waals surface area (Å²) in [6, 6.07) is 0.952. The molecule has 0 bridgehead atoms. The molecule has 0 fully saturated rings. The zero-order chi connectivity index (χ0) is 18.2. The lowest BCUT2D eigenvalue weighted by atomic mass is 10.1. The van der Waals surface area contributed by atoms with Crippen molar-refractivity contribution in [2.75, 3.05) is 0 Å². The lowest BCUT2D eigenvalue weighted by molar-refractivity contribution is -0.190. The molecule has 0 aliphatic heterocycles. The van der Waals surface area contributed by atoms with Gasteiger partial charge in [0.25, 0.3) is 0 Å². The number of carbonyl (C=O) groups is 1. The molecule has 0 aliphatic carbocycles. The number of nitrogens with zero attached hydrogens (tertiary/aromatic N) is 2. The summed E-state index contributed by atoms with van der Waals surface area (Å²) in [6.45, 7) is 4.93. The average Bonchev–Trinajstić information content (AvgIpc) is 2.50. The Bertz CT molecular complexity index is 526. The van der Waals surface area contributed by atoms with Gasteiger partial charge in [0.15, 0.2) is 6.10 Å². The number of nitrogens with one attached hydrogen (secondary N) is 2. The van der Waals surface area contributed by atoms with Crippen LogP contribution in [-0.2, 0) is 6.54 Å². The van der Waals surface area contributed by atoms with Gasteiger partial charge in [-0.1, -0.05) is 19.8 Å². The van der Waals surface area contributed by atoms with Crippen LogP contribution in [0.15, 0.2) is 12.4 Å². The van der Waals surface area contributed by atoms with Gasteiger partial charge in [0.05, 0.1) is 12.2 Å². The average molecular weight is 348 g/mol. The highest BCUT2D eigenvalue weighted by atomic mass is 19.4. The van der Waals surface area contributed by atoms with Crippen molar-refractivity contribution in [3.8, 4) is 5.88 Å². The van der Waals surface area contributed by atoms with Crippen molar-refractivity contribution in [3.05, 3.63) is 18.1 Å². The maximum absolute atomic E-state index is 12.5. The molecule has 0 saturated heterocycles. The number of aromatic nitrogens is 2. The molecule has 0 aliphatic rings. The number of hydrogen-bond acceptors (Lipinski definition) is 4. The van der Waals surface area contributed by atoms with E-state index in [0.717, 1.165) is 32.5 Å². The van der Waals surface area contributed by atoms with Crippen molar-refractivity contribution < 1.29 is 22.7 Å². The number of hydrogen-bond donors (Lipinski definition) is 2. The molecule has 24 heavy (non-hydrogen) atoms. The van der Waals surface area contributed by atoms with Crippen LogP contribution in [0.4, 0.5) is 18.0 Å². The quantitative estimate of drug-likeness (QED) is 0.756. The normalized spacial score (nSPS) is 13.9. The number of urea groups is 1. The monoisotopic (exact) mass is 348 g/mol. The Labute approximate surface area is 139 Å². The molecular weight excluding hydrogens is 325 g/mol. The molecule has 0 spiro atoms. The van der Waals surface area contributed by atoms with Crippen LogP contribution in [0.3, 0.4) is 0 Å². The van der Waals surface area contributed by atoms with E-state index in [9.17, 15) is 18.0 Å². The lowest BCUT2D eigenvalue weighted by Crippen LogP contribution is -2.40. The van der Waals surface area contributed by atoms with E-state index in [0.29, 0.717) is 5.69 Å². The summed E-state index contributed by atoms with van der Waals surface area (Å²) in [5, 5.41) is 5.38. The lowest BCUT2D eigenvalue weighted by Gasteiger charge is -2.17. The molecule has 0 saturated carbocycles. The molecule has 0 radical (unpaired) electrons. The van der Waals surface area contributed by atoms with Crippen LogP contribution in [0.5, 0.6) is 5.88 Å². The Morgan fingerprint density at radius 3 is 2.67 bits per heavy atom. The number of rotatable bonds is 8. The summed E-state index contributed by atoms with van der Waals surface area (Å²) < 4.78 is 42.1. The minimum atomic E-state index is -4.47. The predicted molar refractivity (Wildman–Crippen MR) is 82.5 cm³/mol. The van der Waals surface area contributed by atoms with E-state index in [4.69, 9.17) is 4.74 Å². The van der Waals surface area contributed by atoms with Gasteiger partial charge >= 0.3 is 12.2 Å². The summed E-state index contributed by atoms with van der Waals surface area (Å²) in [6.07, 6.45) is -2.41. The van der Waals surface area contributed by atoms with Gasteiger partial charge in [-0.05, 0) is 20.3 Å². The first kappa shape index (κ1) is 20.0. The smallest absolute Gasteiger partial charge is 0.425 e. The minimum absolute atomic E-state index is 0.0434. The SMILES string of the molecule is CCCCC(C)NC(=O)NCc1cc(OC(C)C(F)(F)F)ncn1. The largest absolute Gasteiger partial charge is 0.465 e. The maximum atomic E-state index is 12.5. The van der Waals surface area contributed by atoms with Crippen LogP contribution in [0.25, 0.3) is 0 Å². The number of amides is 2. The van der Waals surface area contributed by atoms with Crippen molar-refractivity contribution in [3.63, 3.8) is 0 Å². The van der Waals surface area contributed by atoms with Crippen LogP contribution in [0.2, 0.25) is 0 Å². The van der Waals surface area contributed by atoms with Crippen LogP contribution < -0.4 is 15.4 Å². The summed E-state index contributed by atoms with van der Waals surface area (Å²) in [7, 11) is 0. The van der Waals surface area contributed by atoms with Gasteiger partial charge in [0.1, 0.15) is 6.33 Å². The zero-order valence-electron chi connectivity index (χ0n) is 14.0. The third-order valence-electron chi connectivity index (χ3n) is 3.26. The van der Waals surface area contributed by atoms with Crippen LogP contribution >= 0.6 is 0 Å². The van der Waals surface area contributed by atoms with Gasteiger partial charge in [-0.25, -0.2) is 14.8 Å². The first-order chi connectivity index (χ1) is 11.2. The summed E-state index contributed by atoms with van der Waals surface area (Å²) in [5.74, 6) is -0.191. The molecule has 1 rings (SSSR count). The van der Waals surface area contributed by atoms with Crippen molar-refractivity contribution in [2.45, 2.75) is 64.9 Å². The summed E-state index contributed by atoms with van der Waals surface area (Å²) in [5.41, 5.74) is 0.353. The fraction of sp³-hybridized carbons (Fsp3) is 0.667. The maximum Gasteiger partial charge on any atom is 0.425 e. The number of alkyl halides is 3. The first-order valence-corrected chi connectivity index (χ1v) is 7.81. The van der Waals surface area contributed by atoms with E-state index < -0.39 is 12.3 Å². The molecule has 2 N–H and O–H groups in total. The fourth-order valence-electron chi connectivity index (χ4n) is 1.81. The van der Waals surface area contributed by atoms with Crippen molar-refractivity contribution in [1.29, 1.82) is 0 Å². The standard InChI is InChI=1S/C15H23F3N4O2/c1-4-5-6-10(2)22-14(23)19-8-12-7-13(21-9-20-12)24-11(3)15(16,17)18/h7,9-11H,4-6,8H2,1-3H3,(H2,19,22,23).